The van der Waals surface area contributed by atoms with E-state index in [-0.39, 0.29) is 25.0 Å². The highest BCUT2D eigenvalue weighted by molar-refractivity contribution is 5.71. The van der Waals surface area contributed by atoms with Gasteiger partial charge in [-0.3, -0.25) is 9.59 Å². The van der Waals surface area contributed by atoms with E-state index < -0.39 is 35.4 Å². The molecule has 0 aliphatic carbocycles. The van der Waals surface area contributed by atoms with Crippen LogP contribution in [0.3, 0.4) is 0 Å². The van der Waals surface area contributed by atoms with E-state index >= 15 is 0 Å². The average Bonchev–Trinajstić information content (AvgIpc) is 3.36. The fraction of sp³-hybridized carbons (Fsp3) is 0.370. The summed E-state index contributed by atoms with van der Waals surface area (Å²) in [5, 5.41) is 18.2. The van der Waals surface area contributed by atoms with Gasteiger partial charge in [0.05, 0.1) is 24.0 Å². The molecule has 6 aromatic rings. The van der Waals surface area contributed by atoms with Crippen LogP contribution in [-0.4, -0.2) is 67.4 Å². The number of nitrogens with zero attached hydrogens (tertiary/aromatic N) is 6. The molecule has 2 atom stereocenters. The maximum absolute atomic E-state index is 13.0. The van der Waals surface area contributed by atoms with Crippen LogP contribution < -0.4 is 19.3 Å². The Morgan fingerprint density at radius 1 is 0.583 bits per heavy atom. The first-order chi connectivity index (χ1) is 34.4. The van der Waals surface area contributed by atoms with E-state index in [2.05, 4.69) is 19.9 Å². The van der Waals surface area contributed by atoms with Crippen molar-refractivity contribution in [2.45, 2.75) is 116 Å². The van der Waals surface area contributed by atoms with Crippen molar-refractivity contribution in [1.82, 2.24) is 19.9 Å². The van der Waals surface area contributed by atoms with Crippen LogP contribution in [0.25, 0.3) is 0 Å². The Kier molecular flexibility index (Phi) is 17.4. The van der Waals surface area contributed by atoms with Gasteiger partial charge < -0.3 is 29.5 Å². The first-order valence-electron chi connectivity index (χ1n) is 23.9. The Hall–Kier alpha value is -7.24. The molecule has 0 amide bonds. The number of aromatic nitrogens is 4. The fourth-order valence-electron chi connectivity index (χ4n) is 8.56. The number of rotatable bonds is 18. The van der Waals surface area contributed by atoms with Gasteiger partial charge in [-0.25, -0.2) is 19.9 Å². The number of hydrogen-bond donors (Lipinski definition) is 2. The number of halogens is 6. The number of carbonyl (C=O) groups is 2. The molecular weight excluding hydrogens is 943 g/mol. The molecule has 2 aliphatic rings. The Morgan fingerprint density at radius 2 is 1.04 bits per heavy atom. The van der Waals surface area contributed by atoms with Crippen molar-refractivity contribution in [1.29, 1.82) is 0 Å². The zero-order chi connectivity index (χ0) is 51.4. The molecule has 0 saturated carbocycles. The van der Waals surface area contributed by atoms with E-state index in [9.17, 15) is 35.9 Å². The molecule has 4 heterocycles. The summed E-state index contributed by atoms with van der Waals surface area (Å²) in [5.41, 5.74) is 5.53. The molecule has 2 aliphatic heterocycles. The maximum atomic E-state index is 13.0. The van der Waals surface area contributed by atoms with E-state index in [1.165, 1.54) is 24.3 Å². The summed E-state index contributed by atoms with van der Waals surface area (Å²) in [6, 6.07) is 21.3. The topological polar surface area (TPSA) is 151 Å². The highest BCUT2D eigenvalue weighted by Crippen LogP contribution is 2.34. The van der Waals surface area contributed by atoms with Crippen LogP contribution in [0.1, 0.15) is 95.2 Å². The van der Waals surface area contributed by atoms with Gasteiger partial charge in [0.25, 0.3) is 0 Å². The second-order valence-electron chi connectivity index (χ2n) is 17.8. The van der Waals surface area contributed by atoms with Crippen molar-refractivity contribution < 1.29 is 55.6 Å². The van der Waals surface area contributed by atoms with Crippen molar-refractivity contribution >= 4 is 23.8 Å². The van der Waals surface area contributed by atoms with Crippen LogP contribution in [0, 0.1) is 0 Å². The minimum absolute atomic E-state index is 0.0385. The standard InChI is InChI=1S/2C27H28F3N3O3/c1-2-18-15-31-26(32-16-18)33(17-19-4-8-22(9-5-19)27(28,29)30)12-11-23-10-7-21-6-3-20(14-25(34)35)13-24(21)36-23;1-2-18-15-31-26(32-16-18)33(17-19-6-8-21(9-7-19)27(28,29)30)13-12-22-10-11-23-20(14-25(34)35)4-3-5-24(23)36-22/h3-6,8-9,13,15-16,23H,2,7,10-12,14,17H2,1H3,(H,34,35);3-9,15-16,22H,2,10-14,17H2,1H3,(H,34,35). The van der Waals surface area contributed by atoms with Crippen LogP contribution in [0.15, 0.2) is 110 Å². The number of alkyl halides is 6. The number of fused-ring (bicyclic) bond motifs is 2. The summed E-state index contributed by atoms with van der Waals surface area (Å²) < 4.78 is 90.2. The van der Waals surface area contributed by atoms with E-state index in [1.807, 2.05) is 47.9 Å². The third kappa shape index (κ3) is 14.7. The van der Waals surface area contributed by atoms with Crippen molar-refractivity contribution in [2.24, 2.45) is 0 Å². The summed E-state index contributed by atoms with van der Waals surface area (Å²) in [7, 11) is 0. The predicted molar refractivity (Wildman–Crippen MR) is 258 cm³/mol. The van der Waals surface area contributed by atoms with Gasteiger partial charge in [-0.15, -0.1) is 0 Å². The highest BCUT2D eigenvalue weighted by atomic mass is 19.4. The van der Waals surface area contributed by atoms with E-state index in [4.69, 9.17) is 19.7 Å². The fourth-order valence-corrected chi connectivity index (χ4v) is 8.56. The molecule has 12 nitrogen and oxygen atoms in total. The van der Waals surface area contributed by atoms with Gasteiger partial charge in [0.15, 0.2) is 0 Å². The zero-order valence-corrected chi connectivity index (χ0v) is 39.9. The Bertz CT molecular complexity index is 2620. The van der Waals surface area contributed by atoms with Gasteiger partial charge >= 0.3 is 24.3 Å². The van der Waals surface area contributed by atoms with Crippen LogP contribution in [0.5, 0.6) is 11.5 Å². The average molecular weight is 999 g/mol. The number of carboxylic acid groups (broad SMARTS) is 2. The molecule has 4 aromatic carbocycles. The summed E-state index contributed by atoms with van der Waals surface area (Å²) in [4.78, 5) is 44.0. The zero-order valence-electron chi connectivity index (χ0n) is 39.9. The Labute approximate surface area is 413 Å². The number of benzene rings is 4. The molecule has 380 valence electrons. The number of hydrogen-bond acceptors (Lipinski definition) is 10. The maximum Gasteiger partial charge on any atom is 0.416 e. The summed E-state index contributed by atoms with van der Waals surface area (Å²) in [6.45, 7) is 5.82. The molecule has 0 saturated heterocycles. The first kappa shape index (κ1) is 52.6. The van der Waals surface area contributed by atoms with Crippen LogP contribution in [0.2, 0.25) is 0 Å². The van der Waals surface area contributed by atoms with Gasteiger partial charge in [-0.05, 0) is 119 Å². The van der Waals surface area contributed by atoms with Crippen LogP contribution in [0.4, 0.5) is 38.2 Å². The molecule has 0 fully saturated rings. The van der Waals surface area contributed by atoms with Gasteiger partial charge in [0.2, 0.25) is 11.9 Å². The van der Waals surface area contributed by atoms with Crippen molar-refractivity contribution in [3.05, 3.63) is 165 Å². The molecule has 18 heteroatoms. The third-order valence-corrected chi connectivity index (χ3v) is 12.6. The molecule has 2 unspecified atom stereocenters. The second-order valence-corrected chi connectivity index (χ2v) is 17.8. The molecule has 72 heavy (non-hydrogen) atoms. The van der Waals surface area contributed by atoms with Crippen LogP contribution >= 0.6 is 0 Å². The first-order valence-corrected chi connectivity index (χ1v) is 23.9. The quantitative estimate of drug-likeness (QED) is 0.0789. The second kappa shape index (κ2) is 23.8. The molecule has 0 radical (unpaired) electrons. The smallest absolute Gasteiger partial charge is 0.416 e. The van der Waals surface area contributed by atoms with E-state index in [0.29, 0.717) is 68.0 Å². The third-order valence-electron chi connectivity index (χ3n) is 12.6. The normalized spacial score (nSPS) is 15.2. The predicted octanol–water partition coefficient (Wildman–Crippen LogP) is 11.0. The number of ether oxygens (including phenoxy) is 2. The summed E-state index contributed by atoms with van der Waals surface area (Å²) in [5.74, 6) is 0.665. The minimum atomic E-state index is -4.38. The van der Waals surface area contributed by atoms with E-state index in [0.717, 1.165) is 102 Å². The van der Waals surface area contributed by atoms with Crippen molar-refractivity contribution in [2.75, 3.05) is 22.9 Å². The number of anilines is 2. The number of aryl methyl sites for hydroxylation is 3. The Morgan fingerprint density at radius 3 is 1.50 bits per heavy atom. The lowest BCUT2D eigenvalue weighted by molar-refractivity contribution is -0.138. The van der Waals surface area contributed by atoms with Crippen molar-refractivity contribution in [3.8, 4) is 11.5 Å². The van der Waals surface area contributed by atoms with Gasteiger partial charge in [-0.2, -0.15) is 26.3 Å². The van der Waals surface area contributed by atoms with Gasteiger partial charge in [0, 0.05) is 63.8 Å². The van der Waals surface area contributed by atoms with Gasteiger partial charge in [-0.1, -0.05) is 62.4 Å². The van der Waals surface area contributed by atoms with Crippen LogP contribution in [-0.2, 0) is 73.6 Å². The lowest BCUT2D eigenvalue weighted by Crippen LogP contribution is -2.32. The monoisotopic (exact) mass is 998 g/mol. The van der Waals surface area contributed by atoms with Crippen molar-refractivity contribution in [3.63, 3.8) is 0 Å². The molecule has 2 N–H and O–H groups in total. The lowest BCUT2D eigenvalue weighted by atomic mass is 9.94. The van der Waals surface area contributed by atoms with Gasteiger partial charge in [0.1, 0.15) is 23.7 Å². The summed E-state index contributed by atoms with van der Waals surface area (Å²) >= 11 is 0. The molecule has 2 aromatic heterocycles. The lowest BCUT2D eigenvalue weighted by Gasteiger charge is -2.30. The number of aliphatic carboxylic acids is 2. The Balaban J connectivity index is 0.000000211. The SMILES string of the molecule is CCc1cnc(N(CCC2CCc3c(CC(=O)O)cccc3O2)Cc2ccc(C(F)(F)F)cc2)nc1.CCc1cnc(N(CCC2CCc3ccc(CC(=O)O)cc3O2)Cc2ccc(C(F)(F)F)cc2)nc1. The molecule has 8 rings (SSSR count). The summed E-state index contributed by atoms with van der Waals surface area (Å²) in [6.07, 6.45) is 4.06. The highest BCUT2D eigenvalue weighted by Gasteiger charge is 2.31. The molecule has 0 spiro atoms. The van der Waals surface area contributed by atoms with E-state index in [1.54, 1.807) is 36.9 Å². The number of carboxylic acids is 2. The minimum Gasteiger partial charge on any atom is -0.490 e. The molecule has 0 bridgehead atoms. The molecular formula is C54H56F6N6O6. The largest absolute Gasteiger partial charge is 0.490 e.